The van der Waals surface area contributed by atoms with Crippen molar-refractivity contribution in [3.05, 3.63) is 98.0 Å². The minimum absolute atomic E-state index is 0.0193. The van der Waals surface area contributed by atoms with Gasteiger partial charge in [0.25, 0.3) is 17.2 Å². The number of pyridine rings is 1. The summed E-state index contributed by atoms with van der Waals surface area (Å²) in [7, 11) is 1.39. The highest BCUT2D eigenvalue weighted by Crippen LogP contribution is 2.29. The first-order valence-corrected chi connectivity index (χ1v) is 8.78. The number of aryl methyl sites for hydroxylation is 1. The van der Waals surface area contributed by atoms with E-state index in [1.54, 1.807) is 12.3 Å². The molecule has 0 bridgehead atoms. The molecule has 3 rings (SSSR count). The van der Waals surface area contributed by atoms with E-state index in [-0.39, 0.29) is 22.7 Å². The molecule has 0 radical (unpaired) electrons. The van der Waals surface area contributed by atoms with Crippen LogP contribution >= 0.6 is 0 Å². The average molecular weight is 393 g/mol. The number of anilines is 1. The highest BCUT2D eigenvalue weighted by molar-refractivity contribution is 6.05. The maximum absolute atomic E-state index is 12.7. The Morgan fingerprint density at radius 2 is 1.90 bits per heavy atom. The number of benzene rings is 2. The van der Waals surface area contributed by atoms with Crippen LogP contribution in [0.1, 0.15) is 21.5 Å². The summed E-state index contributed by atoms with van der Waals surface area (Å²) in [5.41, 5.74) is 1.09. The number of aromatic nitrogens is 1. The molecule has 1 N–H and O–H groups in total. The fourth-order valence-electron chi connectivity index (χ4n) is 2.81. The molecule has 0 saturated carbocycles. The lowest BCUT2D eigenvalue weighted by Gasteiger charge is -2.10. The Morgan fingerprint density at radius 1 is 1.17 bits per heavy atom. The average Bonchev–Trinajstić information content (AvgIpc) is 2.71. The molecule has 8 heteroatoms. The predicted octanol–water partition coefficient (Wildman–Crippen LogP) is 3.37. The standard InChI is InChI=1S/C21H19N3O5/c1-14-5-7-15(8-6-14)13-23-11-3-4-17(21(23)26)20(25)22-18-10-9-16(29-2)12-19(18)24(27)28/h3-12H,13H2,1-2H3,(H,22,25). The monoisotopic (exact) mass is 393 g/mol. The second-order valence-electron chi connectivity index (χ2n) is 6.43. The third-order valence-electron chi connectivity index (χ3n) is 4.39. The summed E-state index contributed by atoms with van der Waals surface area (Å²) < 4.78 is 6.40. The molecule has 3 aromatic rings. The zero-order chi connectivity index (χ0) is 21.0. The molecule has 0 fully saturated rings. The van der Waals surface area contributed by atoms with Gasteiger partial charge in [-0.15, -0.1) is 0 Å². The Hall–Kier alpha value is -3.94. The van der Waals surface area contributed by atoms with E-state index < -0.39 is 16.4 Å². The summed E-state index contributed by atoms with van der Waals surface area (Å²) in [6, 6.07) is 14.7. The molecule has 8 nitrogen and oxygen atoms in total. The summed E-state index contributed by atoms with van der Waals surface area (Å²) in [5.74, 6) is -0.434. The minimum Gasteiger partial charge on any atom is -0.496 e. The normalized spacial score (nSPS) is 10.4. The number of hydrogen-bond acceptors (Lipinski definition) is 5. The number of amides is 1. The number of methoxy groups -OCH3 is 1. The summed E-state index contributed by atoms with van der Waals surface area (Å²) in [5, 5.41) is 13.7. The van der Waals surface area contributed by atoms with Crippen molar-refractivity contribution in [1.29, 1.82) is 0 Å². The van der Waals surface area contributed by atoms with Gasteiger partial charge in [-0.1, -0.05) is 29.8 Å². The Morgan fingerprint density at radius 3 is 2.55 bits per heavy atom. The lowest BCUT2D eigenvalue weighted by atomic mass is 10.1. The fourth-order valence-corrected chi connectivity index (χ4v) is 2.81. The van der Waals surface area contributed by atoms with Gasteiger partial charge < -0.3 is 14.6 Å². The van der Waals surface area contributed by atoms with Crippen LogP contribution in [0.3, 0.4) is 0 Å². The first-order chi connectivity index (χ1) is 13.9. The van der Waals surface area contributed by atoms with Gasteiger partial charge in [0.05, 0.1) is 24.6 Å². The van der Waals surface area contributed by atoms with E-state index in [1.165, 1.54) is 35.9 Å². The Labute approximate surface area is 166 Å². The molecule has 0 atom stereocenters. The van der Waals surface area contributed by atoms with Crippen LogP contribution in [0.2, 0.25) is 0 Å². The van der Waals surface area contributed by atoms with Crippen molar-refractivity contribution in [1.82, 2.24) is 4.57 Å². The minimum atomic E-state index is -0.721. The first kappa shape index (κ1) is 19.8. The van der Waals surface area contributed by atoms with E-state index in [0.717, 1.165) is 11.1 Å². The van der Waals surface area contributed by atoms with Crippen LogP contribution in [0, 0.1) is 17.0 Å². The number of nitrogens with one attached hydrogen (secondary N) is 1. The van der Waals surface area contributed by atoms with Crippen LogP contribution in [0.4, 0.5) is 11.4 Å². The van der Waals surface area contributed by atoms with E-state index in [2.05, 4.69) is 5.32 Å². The summed E-state index contributed by atoms with van der Waals surface area (Å²) in [6.45, 7) is 2.28. The molecule has 0 aliphatic carbocycles. The van der Waals surface area contributed by atoms with Crippen LogP contribution in [-0.4, -0.2) is 22.5 Å². The van der Waals surface area contributed by atoms with Crippen LogP contribution in [0.5, 0.6) is 5.75 Å². The number of carbonyl (C=O) groups excluding carboxylic acids is 1. The molecule has 1 amide bonds. The van der Waals surface area contributed by atoms with Gasteiger partial charge in [0.15, 0.2) is 0 Å². The van der Waals surface area contributed by atoms with Gasteiger partial charge in [0.1, 0.15) is 17.0 Å². The van der Waals surface area contributed by atoms with E-state index in [0.29, 0.717) is 6.54 Å². The lowest BCUT2D eigenvalue weighted by Crippen LogP contribution is -2.29. The van der Waals surface area contributed by atoms with Crippen molar-refractivity contribution >= 4 is 17.3 Å². The summed E-state index contributed by atoms with van der Waals surface area (Å²) >= 11 is 0. The largest absolute Gasteiger partial charge is 0.496 e. The molecule has 0 aliphatic rings. The van der Waals surface area contributed by atoms with Gasteiger partial charge in [-0.3, -0.25) is 19.7 Å². The Kier molecular flexibility index (Phi) is 5.73. The SMILES string of the molecule is COc1ccc(NC(=O)c2cccn(Cc3ccc(C)cc3)c2=O)c([N+](=O)[O-])c1. The van der Waals surface area contributed by atoms with Crippen LogP contribution in [0.15, 0.2) is 65.6 Å². The van der Waals surface area contributed by atoms with Crippen LogP contribution in [-0.2, 0) is 6.54 Å². The van der Waals surface area contributed by atoms with Crippen molar-refractivity contribution in [2.24, 2.45) is 0 Å². The van der Waals surface area contributed by atoms with Gasteiger partial charge in [-0.2, -0.15) is 0 Å². The lowest BCUT2D eigenvalue weighted by molar-refractivity contribution is -0.384. The molecule has 29 heavy (non-hydrogen) atoms. The number of nitro benzene ring substituents is 1. The first-order valence-electron chi connectivity index (χ1n) is 8.78. The molecule has 0 spiro atoms. The van der Waals surface area contributed by atoms with Gasteiger partial charge in [0.2, 0.25) is 0 Å². The highest BCUT2D eigenvalue weighted by atomic mass is 16.6. The molecular formula is C21H19N3O5. The number of nitrogens with zero attached hydrogens (tertiary/aromatic N) is 2. The van der Waals surface area contributed by atoms with E-state index >= 15 is 0 Å². The maximum atomic E-state index is 12.7. The number of nitro groups is 1. The molecule has 0 aliphatic heterocycles. The Bertz CT molecular complexity index is 1120. The quantitative estimate of drug-likeness (QED) is 0.511. The van der Waals surface area contributed by atoms with Gasteiger partial charge in [-0.25, -0.2) is 0 Å². The predicted molar refractivity (Wildman–Crippen MR) is 109 cm³/mol. The third-order valence-corrected chi connectivity index (χ3v) is 4.39. The molecule has 1 heterocycles. The van der Waals surface area contributed by atoms with Gasteiger partial charge in [0, 0.05) is 6.20 Å². The smallest absolute Gasteiger partial charge is 0.296 e. The number of rotatable bonds is 6. The van der Waals surface area contributed by atoms with Crippen molar-refractivity contribution in [2.75, 3.05) is 12.4 Å². The van der Waals surface area contributed by atoms with Crippen molar-refractivity contribution < 1.29 is 14.5 Å². The number of carbonyl (C=O) groups is 1. The maximum Gasteiger partial charge on any atom is 0.296 e. The van der Waals surface area contributed by atoms with Gasteiger partial charge >= 0.3 is 0 Å². The molecule has 2 aromatic carbocycles. The third kappa shape index (κ3) is 4.49. The fraction of sp³-hybridized carbons (Fsp3) is 0.143. The molecular weight excluding hydrogens is 374 g/mol. The molecule has 148 valence electrons. The molecule has 0 saturated heterocycles. The zero-order valence-corrected chi connectivity index (χ0v) is 15.9. The van der Waals surface area contributed by atoms with E-state index in [9.17, 15) is 19.7 Å². The summed E-state index contributed by atoms with van der Waals surface area (Å²) in [4.78, 5) is 36.0. The van der Waals surface area contributed by atoms with Crippen LogP contribution in [0.25, 0.3) is 0 Å². The summed E-state index contributed by atoms with van der Waals surface area (Å²) in [6.07, 6.45) is 1.59. The number of hydrogen-bond donors (Lipinski definition) is 1. The topological polar surface area (TPSA) is 103 Å². The van der Waals surface area contributed by atoms with Gasteiger partial charge in [-0.05, 0) is 36.8 Å². The van der Waals surface area contributed by atoms with Crippen molar-refractivity contribution in [2.45, 2.75) is 13.5 Å². The van der Waals surface area contributed by atoms with Crippen molar-refractivity contribution in [3.63, 3.8) is 0 Å². The number of ether oxygens (including phenoxy) is 1. The molecule has 1 aromatic heterocycles. The van der Waals surface area contributed by atoms with Crippen molar-refractivity contribution in [3.8, 4) is 5.75 Å². The second kappa shape index (κ2) is 8.39. The molecule has 0 unspecified atom stereocenters. The second-order valence-corrected chi connectivity index (χ2v) is 6.43. The Balaban J connectivity index is 1.88. The van der Waals surface area contributed by atoms with Crippen LogP contribution < -0.4 is 15.6 Å². The van der Waals surface area contributed by atoms with E-state index in [4.69, 9.17) is 4.74 Å². The highest BCUT2D eigenvalue weighted by Gasteiger charge is 2.20. The zero-order valence-electron chi connectivity index (χ0n) is 15.9. The van der Waals surface area contributed by atoms with E-state index in [1.807, 2.05) is 31.2 Å².